The van der Waals surface area contributed by atoms with Crippen LogP contribution in [0.15, 0.2) is 4.99 Å². The minimum atomic E-state index is -0.342. The maximum Gasteiger partial charge on any atom is 0.191 e. The van der Waals surface area contributed by atoms with Crippen molar-refractivity contribution in [3.63, 3.8) is 0 Å². The van der Waals surface area contributed by atoms with Gasteiger partial charge < -0.3 is 10.4 Å². The van der Waals surface area contributed by atoms with Crippen LogP contribution in [0.2, 0.25) is 0 Å². The van der Waals surface area contributed by atoms with E-state index < -0.39 is 0 Å². The first-order chi connectivity index (χ1) is 12.7. The van der Waals surface area contributed by atoms with E-state index in [4.69, 9.17) is 11.6 Å². The molecule has 154 valence electrons. The van der Waals surface area contributed by atoms with Gasteiger partial charge in [0.05, 0.1) is 12.1 Å². The van der Waals surface area contributed by atoms with Gasteiger partial charge in [-0.1, -0.05) is 110 Å². The molecule has 0 bridgehead atoms. The Kier molecular flexibility index (Phi) is 15.4. The average Bonchev–Trinajstić information content (AvgIpc) is 3.07. The van der Waals surface area contributed by atoms with Gasteiger partial charge in [0.25, 0.3) is 0 Å². The molecular weight excluding hydrogens is 344 g/mol. The van der Waals surface area contributed by atoms with Crippen molar-refractivity contribution in [2.75, 3.05) is 6.54 Å². The molecule has 0 radical (unpaired) electrons. The first kappa shape index (κ1) is 23.8. The van der Waals surface area contributed by atoms with Gasteiger partial charge in [-0.25, -0.2) is 0 Å². The van der Waals surface area contributed by atoms with Crippen molar-refractivity contribution in [3.8, 4) is 0 Å². The van der Waals surface area contributed by atoms with E-state index in [0.29, 0.717) is 11.8 Å². The lowest BCUT2D eigenvalue weighted by Gasteiger charge is -2.14. The standard InChI is InChI=1S/C22H43ClN2O/c1-2-3-4-5-6-7-8-9-10-11-12-13-14-15-16-17-18-21(26)20-19-24-22(23)25-20/h20-21,26H,2-19H2,1H3,(H,24,25). The molecule has 3 nitrogen and oxygen atoms in total. The van der Waals surface area contributed by atoms with Crippen molar-refractivity contribution in [2.24, 2.45) is 4.99 Å². The number of nitrogens with zero attached hydrogens (tertiary/aromatic N) is 1. The number of aliphatic imine (C=N–C) groups is 1. The predicted octanol–water partition coefficient (Wildman–Crippen LogP) is 6.57. The number of aliphatic hydroxyl groups excluding tert-OH is 1. The van der Waals surface area contributed by atoms with E-state index in [1.54, 1.807) is 0 Å². The van der Waals surface area contributed by atoms with Gasteiger partial charge >= 0.3 is 0 Å². The topological polar surface area (TPSA) is 44.6 Å². The highest BCUT2D eigenvalue weighted by Gasteiger charge is 2.22. The maximum atomic E-state index is 10.1. The van der Waals surface area contributed by atoms with E-state index in [1.807, 2.05) is 0 Å². The van der Waals surface area contributed by atoms with Crippen LogP contribution < -0.4 is 5.32 Å². The Labute approximate surface area is 167 Å². The lowest BCUT2D eigenvalue weighted by atomic mass is 10.0. The quantitative estimate of drug-likeness (QED) is 0.207. The first-order valence-corrected chi connectivity index (χ1v) is 11.8. The highest BCUT2D eigenvalue weighted by atomic mass is 35.5. The minimum Gasteiger partial charge on any atom is -0.391 e. The summed E-state index contributed by atoms with van der Waals surface area (Å²) in [5, 5.41) is 13.5. The van der Waals surface area contributed by atoms with Gasteiger partial charge in [0.2, 0.25) is 0 Å². The molecule has 0 aromatic rings. The number of hydrogen-bond acceptors (Lipinski definition) is 3. The fourth-order valence-electron chi connectivity index (χ4n) is 3.74. The third-order valence-electron chi connectivity index (χ3n) is 5.53. The summed E-state index contributed by atoms with van der Waals surface area (Å²) in [5.74, 6) is 0. The van der Waals surface area contributed by atoms with Gasteiger partial charge in [-0.3, -0.25) is 4.99 Å². The molecule has 1 heterocycles. The van der Waals surface area contributed by atoms with Crippen molar-refractivity contribution >= 4 is 16.9 Å². The summed E-state index contributed by atoms with van der Waals surface area (Å²) in [4.78, 5) is 4.20. The summed E-state index contributed by atoms with van der Waals surface area (Å²) in [6.07, 6.45) is 22.6. The van der Waals surface area contributed by atoms with E-state index in [1.165, 1.54) is 96.3 Å². The second-order valence-electron chi connectivity index (χ2n) is 8.03. The molecule has 1 aliphatic heterocycles. The number of unbranched alkanes of at least 4 members (excludes halogenated alkanes) is 15. The second kappa shape index (κ2) is 16.9. The third kappa shape index (κ3) is 13.0. The Bertz CT molecular complexity index is 349. The largest absolute Gasteiger partial charge is 0.391 e. The molecule has 1 rings (SSSR count). The highest BCUT2D eigenvalue weighted by Crippen LogP contribution is 2.16. The summed E-state index contributed by atoms with van der Waals surface area (Å²) in [6.45, 7) is 2.96. The van der Waals surface area contributed by atoms with Gasteiger partial charge in [-0.15, -0.1) is 0 Å². The van der Waals surface area contributed by atoms with Gasteiger partial charge in [0.15, 0.2) is 5.29 Å². The summed E-state index contributed by atoms with van der Waals surface area (Å²) in [7, 11) is 0. The Hall–Kier alpha value is -0.280. The zero-order chi connectivity index (χ0) is 18.9. The molecule has 0 saturated heterocycles. The smallest absolute Gasteiger partial charge is 0.191 e. The zero-order valence-electron chi connectivity index (χ0n) is 17.2. The molecule has 2 N–H and O–H groups in total. The van der Waals surface area contributed by atoms with Crippen molar-refractivity contribution in [1.82, 2.24) is 5.32 Å². The summed E-state index contributed by atoms with van der Waals surface area (Å²) in [5.41, 5.74) is 0. The lowest BCUT2D eigenvalue weighted by Crippen LogP contribution is -2.29. The molecule has 26 heavy (non-hydrogen) atoms. The predicted molar refractivity (Wildman–Crippen MR) is 115 cm³/mol. The number of hydrogen-bond donors (Lipinski definition) is 2. The zero-order valence-corrected chi connectivity index (χ0v) is 17.9. The van der Waals surface area contributed by atoms with Crippen LogP contribution in [0.25, 0.3) is 0 Å². The van der Waals surface area contributed by atoms with E-state index in [-0.39, 0.29) is 12.1 Å². The molecule has 0 amide bonds. The SMILES string of the molecule is CCCCCCCCCCCCCCCCCCC(O)C1CNC(Cl)=N1. The second-order valence-corrected chi connectivity index (χ2v) is 8.39. The highest BCUT2D eigenvalue weighted by molar-refractivity contribution is 6.64. The van der Waals surface area contributed by atoms with Gasteiger partial charge in [0.1, 0.15) is 0 Å². The molecule has 0 aromatic heterocycles. The number of aliphatic hydroxyl groups is 1. The minimum absolute atomic E-state index is 0.0427. The van der Waals surface area contributed by atoms with E-state index >= 15 is 0 Å². The fraction of sp³-hybridized carbons (Fsp3) is 0.955. The van der Waals surface area contributed by atoms with Crippen molar-refractivity contribution in [1.29, 1.82) is 0 Å². The lowest BCUT2D eigenvalue weighted by molar-refractivity contribution is 0.136. The molecule has 2 unspecified atom stereocenters. The van der Waals surface area contributed by atoms with Crippen LogP contribution in [-0.2, 0) is 0 Å². The molecule has 0 aliphatic carbocycles. The van der Waals surface area contributed by atoms with Gasteiger partial charge in [-0.2, -0.15) is 0 Å². The molecule has 0 aromatic carbocycles. The van der Waals surface area contributed by atoms with Crippen LogP contribution in [0.1, 0.15) is 116 Å². The number of nitrogens with one attached hydrogen (secondary N) is 1. The normalized spacial score (nSPS) is 18.0. The van der Waals surface area contributed by atoms with Crippen LogP contribution in [0.3, 0.4) is 0 Å². The number of rotatable bonds is 18. The van der Waals surface area contributed by atoms with Gasteiger partial charge in [0, 0.05) is 6.54 Å². The molecule has 0 fully saturated rings. The van der Waals surface area contributed by atoms with E-state index in [9.17, 15) is 5.11 Å². The molecule has 2 atom stereocenters. The van der Waals surface area contributed by atoms with Crippen molar-refractivity contribution in [3.05, 3.63) is 0 Å². The summed E-state index contributed by atoms with van der Waals surface area (Å²) < 4.78 is 0. The fourth-order valence-corrected chi connectivity index (χ4v) is 3.94. The molecule has 4 heteroatoms. The molecule has 0 spiro atoms. The monoisotopic (exact) mass is 386 g/mol. The van der Waals surface area contributed by atoms with Crippen LogP contribution in [0, 0.1) is 0 Å². The van der Waals surface area contributed by atoms with Crippen LogP contribution in [0.4, 0.5) is 0 Å². The summed E-state index contributed by atoms with van der Waals surface area (Å²) in [6, 6.07) is -0.0427. The first-order valence-electron chi connectivity index (χ1n) is 11.4. The van der Waals surface area contributed by atoms with Crippen molar-refractivity contribution < 1.29 is 5.11 Å². The van der Waals surface area contributed by atoms with E-state index in [2.05, 4.69) is 17.2 Å². The molecule has 0 saturated carbocycles. The Balaban J connectivity index is 1.73. The Morgan fingerprint density at radius 3 is 1.65 bits per heavy atom. The van der Waals surface area contributed by atoms with Crippen molar-refractivity contribution in [2.45, 2.75) is 128 Å². The number of halogens is 1. The Morgan fingerprint density at radius 2 is 1.27 bits per heavy atom. The third-order valence-corrected chi connectivity index (χ3v) is 5.77. The summed E-state index contributed by atoms with van der Waals surface area (Å²) >= 11 is 5.78. The van der Waals surface area contributed by atoms with Crippen LogP contribution in [0.5, 0.6) is 0 Å². The van der Waals surface area contributed by atoms with Crippen LogP contribution >= 0.6 is 11.6 Å². The Morgan fingerprint density at radius 1 is 0.846 bits per heavy atom. The maximum absolute atomic E-state index is 10.1. The molecular formula is C22H43ClN2O. The molecule has 1 aliphatic rings. The van der Waals surface area contributed by atoms with E-state index in [0.717, 1.165) is 12.8 Å². The van der Waals surface area contributed by atoms with Crippen LogP contribution in [-0.4, -0.2) is 29.1 Å². The number of amidine groups is 1. The average molecular weight is 387 g/mol. The van der Waals surface area contributed by atoms with Gasteiger partial charge in [-0.05, 0) is 18.0 Å².